The Kier molecular flexibility index (Phi) is 3.94. The fourth-order valence-electron chi connectivity index (χ4n) is 1.79. The molecule has 0 aromatic carbocycles. The van der Waals surface area contributed by atoms with Crippen molar-refractivity contribution in [3.05, 3.63) is 45.5 Å². The quantitative estimate of drug-likeness (QED) is 0.719. The van der Waals surface area contributed by atoms with Crippen LogP contribution in [0.25, 0.3) is 11.0 Å². The Morgan fingerprint density at radius 2 is 2.10 bits per heavy atom. The molecule has 6 nitrogen and oxygen atoms in total. The fraction of sp³-hybridized carbons (Fsp3) is 0.154. The van der Waals surface area contributed by atoms with Crippen molar-refractivity contribution in [2.75, 3.05) is 5.32 Å². The first kappa shape index (κ1) is 14.1. The summed E-state index contributed by atoms with van der Waals surface area (Å²) in [7, 11) is 0. The summed E-state index contributed by atoms with van der Waals surface area (Å²) < 4.78 is 0.846. The predicted molar refractivity (Wildman–Crippen MR) is 84.1 cm³/mol. The molecule has 1 N–H and O–H groups in total. The second-order valence-corrected chi connectivity index (χ2v) is 5.64. The zero-order chi connectivity index (χ0) is 14.8. The van der Waals surface area contributed by atoms with Gasteiger partial charge >= 0.3 is 0 Å². The minimum atomic E-state index is 0.148. The molecule has 0 aliphatic heterocycles. The number of aromatic nitrogens is 5. The lowest BCUT2D eigenvalue weighted by Crippen LogP contribution is -2.06. The summed E-state index contributed by atoms with van der Waals surface area (Å²) in [5.74, 6) is 0.612. The van der Waals surface area contributed by atoms with Crippen molar-refractivity contribution in [2.24, 2.45) is 0 Å². The van der Waals surface area contributed by atoms with Gasteiger partial charge in [-0.05, 0) is 52.7 Å². The van der Waals surface area contributed by atoms with Crippen molar-refractivity contribution >= 4 is 44.4 Å². The summed E-state index contributed by atoms with van der Waals surface area (Å²) in [4.78, 5) is 12.5. The lowest BCUT2D eigenvalue weighted by Gasteiger charge is -2.08. The zero-order valence-electron chi connectivity index (χ0n) is 11.0. The van der Waals surface area contributed by atoms with E-state index in [9.17, 15) is 0 Å². The second kappa shape index (κ2) is 5.87. The molecule has 0 atom stereocenters. The summed E-state index contributed by atoms with van der Waals surface area (Å²) in [6, 6.07) is 5.71. The molecule has 0 aliphatic rings. The lowest BCUT2D eigenvalue weighted by atomic mass is 10.3. The van der Waals surface area contributed by atoms with Crippen LogP contribution in [0, 0.1) is 6.92 Å². The molecule has 3 heterocycles. The van der Waals surface area contributed by atoms with Crippen LogP contribution >= 0.6 is 27.5 Å². The first-order valence-electron chi connectivity index (χ1n) is 6.14. The van der Waals surface area contributed by atoms with E-state index in [1.54, 1.807) is 6.20 Å². The van der Waals surface area contributed by atoms with Gasteiger partial charge < -0.3 is 5.32 Å². The molecule has 0 radical (unpaired) electrons. The first-order valence-corrected chi connectivity index (χ1v) is 7.31. The lowest BCUT2D eigenvalue weighted by molar-refractivity contribution is 0.895. The third kappa shape index (κ3) is 3.25. The normalized spacial score (nSPS) is 10.8. The number of pyridine rings is 1. The summed E-state index contributed by atoms with van der Waals surface area (Å²) in [6.45, 7) is 2.38. The van der Waals surface area contributed by atoms with E-state index in [-0.39, 0.29) is 5.28 Å². The van der Waals surface area contributed by atoms with Crippen molar-refractivity contribution in [2.45, 2.75) is 13.5 Å². The molecule has 0 unspecified atom stereocenters. The first-order chi connectivity index (χ1) is 10.1. The van der Waals surface area contributed by atoms with Crippen LogP contribution in [0.3, 0.4) is 0 Å². The number of hydrogen-bond donors (Lipinski definition) is 1. The smallest absolute Gasteiger partial charge is 0.226 e. The van der Waals surface area contributed by atoms with Crippen LogP contribution in [-0.4, -0.2) is 25.1 Å². The van der Waals surface area contributed by atoms with Gasteiger partial charge in [0.2, 0.25) is 5.28 Å². The number of nitrogens with zero attached hydrogens (tertiary/aromatic N) is 5. The third-order valence-corrected chi connectivity index (χ3v) is 3.38. The predicted octanol–water partition coefficient (Wildman–Crippen LogP) is 3.15. The van der Waals surface area contributed by atoms with Crippen LogP contribution < -0.4 is 5.32 Å². The number of rotatable bonds is 3. The van der Waals surface area contributed by atoms with Crippen molar-refractivity contribution in [3.8, 4) is 0 Å². The van der Waals surface area contributed by atoms with Crippen LogP contribution in [0.5, 0.6) is 0 Å². The molecule has 3 rings (SSSR count). The van der Waals surface area contributed by atoms with Crippen LogP contribution in [0.4, 0.5) is 5.82 Å². The van der Waals surface area contributed by atoms with Gasteiger partial charge in [0.15, 0.2) is 5.65 Å². The van der Waals surface area contributed by atoms with Crippen LogP contribution in [0.15, 0.2) is 28.9 Å². The van der Waals surface area contributed by atoms with E-state index in [4.69, 9.17) is 11.6 Å². The topological polar surface area (TPSA) is 76.5 Å². The van der Waals surface area contributed by atoms with E-state index in [2.05, 4.69) is 46.4 Å². The Bertz CT molecular complexity index is 793. The maximum absolute atomic E-state index is 5.92. The standard InChI is InChI=1S/C13H10BrClN6/c1-7-2-3-9(21-20-7)6-17-12-10-4-8(14)5-16-11(10)18-13(15)19-12/h2-5H,6H2,1H3,(H,16,17,18,19). The second-order valence-electron chi connectivity index (χ2n) is 4.39. The van der Waals surface area contributed by atoms with E-state index in [1.165, 1.54) is 0 Å². The molecule has 0 spiro atoms. The molecule has 21 heavy (non-hydrogen) atoms. The number of fused-ring (bicyclic) bond motifs is 1. The van der Waals surface area contributed by atoms with E-state index in [0.717, 1.165) is 21.2 Å². The number of hydrogen-bond acceptors (Lipinski definition) is 6. The molecular formula is C13H10BrClN6. The van der Waals surface area contributed by atoms with Crippen molar-refractivity contribution in [1.82, 2.24) is 25.1 Å². The molecule has 0 saturated carbocycles. The Labute approximate surface area is 134 Å². The molecule has 3 aromatic rings. The molecule has 106 valence electrons. The Morgan fingerprint density at radius 3 is 2.86 bits per heavy atom. The maximum Gasteiger partial charge on any atom is 0.226 e. The van der Waals surface area contributed by atoms with Gasteiger partial charge in [0, 0.05) is 10.7 Å². The largest absolute Gasteiger partial charge is 0.364 e. The highest BCUT2D eigenvalue weighted by Crippen LogP contribution is 2.24. The number of halogens is 2. The zero-order valence-corrected chi connectivity index (χ0v) is 13.4. The fourth-order valence-corrected chi connectivity index (χ4v) is 2.29. The molecular weight excluding hydrogens is 356 g/mol. The van der Waals surface area contributed by atoms with Gasteiger partial charge in [-0.25, -0.2) is 9.97 Å². The Balaban J connectivity index is 1.92. The summed E-state index contributed by atoms with van der Waals surface area (Å²) in [5.41, 5.74) is 2.23. The van der Waals surface area contributed by atoms with Gasteiger partial charge in [0.1, 0.15) is 5.82 Å². The number of anilines is 1. The van der Waals surface area contributed by atoms with Gasteiger partial charge in [-0.2, -0.15) is 15.2 Å². The summed E-state index contributed by atoms with van der Waals surface area (Å²) in [5, 5.41) is 12.2. The monoisotopic (exact) mass is 364 g/mol. The van der Waals surface area contributed by atoms with E-state index in [0.29, 0.717) is 18.0 Å². The van der Waals surface area contributed by atoms with E-state index < -0.39 is 0 Å². The number of aryl methyl sites for hydroxylation is 1. The van der Waals surface area contributed by atoms with Gasteiger partial charge in [-0.1, -0.05) is 0 Å². The Hall–Kier alpha value is -1.86. The van der Waals surface area contributed by atoms with Crippen molar-refractivity contribution in [3.63, 3.8) is 0 Å². The summed E-state index contributed by atoms with van der Waals surface area (Å²) >= 11 is 9.31. The van der Waals surface area contributed by atoms with Crippen LogP contribution in [-0.2, 0) is 6.54 Å². The average molecular weight is 366 g/mol. The molecule has 3 aromatic heterocycles. The van der Waals surface area contributed by atoms with Gasteiger partial charge in [0.05, 0.1) is 23.3 Å². The molecule has 0 saturated heterocycles. The molecule has 0 fully saturated rings. The summed E-state index contributed by atoms with van der Waals surface area (Å²) in [6.07, 6.45) is 1.67. The van der Waals surface area contributed by atoms with Crippen molar-refractivity contribution < 1.29 is 0 Å². The van der Waals surface area contributed by atoms with Gasteiger partial charge in [0.25, 0.3) is 0 Å². The third-order valence-electron chi connectivity index (χ3n) is 2.78. The van der Waals surface area contributed by atoms with Crippen LogP contribution in [0.2, 0.25) is 5.28 Å². The highest BCUT2D eigenvalue weighted by Gasteiger charge is 2.08. The average Bonchev–Trinajstić information content (AvgIpc) is 2.47. The van der Waals surface area contributed by atoms with Gasteiger partial charge in [-0.3, -0.25) is 0 Å². The minimum absolute atomic E-state index is 0.148. The van der Waals surface area contributed by atoms with E-state index >= 15 is 0 Å². The molecule has 0 aliphatic carbocycles. The molecule has 0 amide bonds. The number of nitrogens with one attached hydrogen (secondary N) is 1. The SMILES string of the molecule is Cc1ccc(CNc2nc(Cl)nc3ncc(Br)cc23)nn1. The van der Waals surface area contributed by atoms with Gasteiger partial charge in [-0.15, -0.1) is 0 Å². The molecule has 0 bridgehead atoms. The highest BCUT2D eigenvalue weighted by molar-refractivity contribution is 9.10. The Morgan fingerprint density at radius 1 is 1.24 bits per heavy atom. The maximum atomic E-state index is 5.92. The minimum Gasteiger partial charge on any atom is -0.364 e. The van der Waals surface area contributed by atoms with Crippen LogP contribution in [0.1, 0.15) is 11.4 Å². The highest BCUT2D eigenvalue weighted by atomic mass is 79.9. The molecule has 8 heteroatoms. The van der Waals surface area contributed by atoms with E-state index in [1.807, 2.05) is 25.1 Å². The van der Waals surface area contributed by atoms with Crippen molar-refractivity contribution in [1.29, 1.82) is 0 Å².